The van der Waals surface area contributed by atoms with Gasteiger partial charge in [0.2, 0.25) is 0 Å². The number of carboxylic acids is 1. The van der Waals surface area contributed by atoms with Crippen LogP contribution in [0.15, 0.2) is 10.5 Å². The smallest absolute Gasteiger partial charge is 0.339 e. The first-order chi connectivity index (χ1) is 7.90. The second-order valence-corrected chi connectivity index (χ2v) is 5.34. The van der Waals surface area contributed by atoms with Crippen LogP contribution in [-0.4, -0.2) is 16.6 Å². The predicted octanol–water partition coefficient (Wildman–Crippen LogP) is 2.56. The molecule has 1 aliphatic carbocycles. The summed E-state index contributed by atoms with van der Waals surface area (Å²) in [6, 6.07) is 1.60. The lowest BCUT2D eigenvalue weighted by Gasteiger charge is -2.25. The van der Waals surface area contributed by atoms with Gasteiger partial charge in [-0.3, -0.25) is 0 Å². The van der Waals surface area contributed by atoms with Crippen molar-refractivity contribution in [1.29, 1.82) is 0 Å². The van der Waals surface area contributed by atoms with E-state index >= 15 is 0 Å². The third-order valence-corrected chi connectivity index (χ3v) is 3.52. The lowest BCUT2D eigenvalue weighted by atomic mass is 9.99. The van der Waals surface area contributed by atoms with Gasteiger partial charge in [-0.05, 0) is 45.6 Å². The van der Waals surface area contributed by atoms with Gasteiger partial charge in [0.15, 0.2) is 0 Å². The van der Waals surface area contributed by atoms with Crippen molar-refractivity contribution in [1.82, 2.24) is 5.32 Å². The van der Waals surface area contributed by atoms with Gasteiger partial charge < -0.3 is 14.8 Å². The van der Waals surface area contributed by atoms with Gasteiger partial charge in [0.05, 0.1) is 6.54 Å². The molecule has 1 aromatic rings. The number of furan rings is 1. The maximum absolute atomic E-state index is 10.9. The number of rotatable bonds is 5. The minimum absolute atomic E-state index is 0.101. The summed E-state index contributed by atoms with van der Waals surface area (Å²) in [7, 11) is 0. The van der Waals surface area contributed by atoms with E-state index in [2.05, 4.69) is 19.2 Å². The first kappa shape index (κ1) is 12.2. The van der Waals surface area contributed by atoms with E-state index < -0.39 is 5.97 Å². The van der Waals surface area contributed by atoms with Gasteiger partial charge >= 0.3 is 5.97 Å². The normalized spacial score (nSPS) is 16.2. The van der Waals surface area contributed by atoms with Crippen molar-refractivity contribution in [2.45, 2.75) is 45.7 Å². The summed E-state index contributed by atoms with van der Waals surface area (Å²) in [5.74, 6) is 0.962. The van der Waals surface area contributed by atoms with Crippen LogP contribution in [0.1, 0.15) is 48.6 Å². The largest absolute Gasteiger partial charge is 0.478 e. The van der Waals surface area contributed by atoms with E-state index in [-0.39, 0.29) is 11.1 Å². The van der Waals surface area contributed by atoms with Crippen LogP contribution in [0.2, 0.25) is 0 Å². The summed E-state index contributed by atoms with van der Waals surface area (Å²) in [6.07, 6.45) is 2.55. The van der Waals surface area contributed by atoms with Crippen LogP contribution < -0.4 is 5.32 Å². The van der Waals surface area contributed by atoms with Crippen molar-refractivity contribution < 1.29 is 14.3 Å². The van der Waals surface area contributed by atoms with Crippen LogP contribution in [0.3, 0.4) is 0 Å². The molecule has 1 aromatic heterocycles. The monoisotopic (exact) mass is 237 g/mol. The highest BCUT2D eigenvalue weighted by Gasteiger charge is 2.37. The van der Waals surface area contributed by atoms with Gasteiger partial charge in [-0.15, -0.1) is 0 Å². The Morgan fingerprint density at radius 1 is 1.59 bits per heavy atom. The van der Waals surface area contributed by atoms with Crippen LogP contribution in [0.4, 0.5) is 0 Å². The SMILES string of the molecule is Cc1oc(CNC(C)(C)C2CC2)cc1C(=O)O. The third-order valence-electron chi connectivity index (χ3n) is 3.52. The molecule has 0 amide bonds. The topological polar surface area (TPSA) is 62.5 Å². The van der Waals surface area contributed by atoms with Gasteiger partial charge in [0.25, 0.3) is 0 Å². The first-order valence-corrected chi connectivity index (χ1v) is 5.98. The Kier molecular flexibility index (Phi) is 3.00. The second kappa shape index (κ2) is 4.18. The second-order valence-electron chi connectivity index (χ2n) is 5.34. The number of aromatic carboxylic acids is 1. The molecule has 0 saturated heterocycles. The maximum Gasteiger partial charge on any atom is 0.339 e. The van der Waals surface area contributed by atoms with Crippen molar-refractivity contribution in [3.63, 3.8) is 0 Å². The number of hydrogen-bond donors (Lipinski definition) is 2. The number of carboxylic acid groups (broad SMARTS) is 1. The van der Waals surface area contributed by atoms with Gasteiger partial charge in [-0.1, -0.05) is 0 Å². The summed E-state index contributed by atoms with van der Waals surface area (Å²) in [5.41, 5.74) is 0.357. The quantitative estimate of drug-likeness (QED) is 0.826. The van der Waals surface area contributed by atoms with E-state index in [1.165, 1.54) is 12.8 Å². The molecular weight excluding hydrogens is 218 g/mol. The Morgan fingerprint density at radius 3 is 2.71 bits per heavy atom. The standard InChI is InChI=1S/C13H19NO3/c1-8-11(12(15)16)6-10(17-8)7-14-13(2,3)9-4-5-9/h6,9,14H,4-5,7H2,1-3H3,(H,15,16). The zero-order valence-corrected chi connectivity index (χ0v) is 10.5. The van der Waals surface area contributed by atoms with Crippen molar-refractivity contribution in [3.05, 3.63) is 23.2 Å². The zero-order valence-electron chi connectivity index (χ0n) is 10.5. The molecule has 2 rings (SSSR count). The highest BCUT2D eigenvalue weighted by molar-refractivity contribution is 5.88. The van der Waals surface area contributed by atoms with Crippen molar-refractivity contribution in [2.24, 2.45) is 5.92 Å². The van der Waals surface area contributed by atoms with Crippen LogP contribution in [0.25, 0.3) is 0 Å². The molecule has 1 fully saturated rings. The van der Waals surface area contributed by atoms with Gasteiger partial charge in [-0.2, -0.15) is 0 Å². The van der Waals surface area contributed by atoms with Crippen LogP contribution >= 0.6 is 0 Å². The zero-order chi connectivity index (χ0) is 12.6. The van der Waals surface area contributed by atoms with Crippen LogP contribution in [-0.2, 0) is 6.54 Å². The number of nitrogens with one attached hydrogen (secondary N) is 1. The van der Waals surface area contributed by atoms with E-state index in [9.17, 15) is 4.79 Å². The number of hydrogen-bond acceptors (Lipinski definition) is 3. The molecule has 4 heteroatoms. The Hall–Kier alpha value is -1.29. The van der Waals surface area contributed by atoms with Crippen LogP contribution in [0.5, 0.6) is 0 Å². The molecule has 0 unspecified atom stereocenters. The minimum atomic E-state index is -0.932. The number of aryl methyl sites for hydroxylation is 1. The molecule has 1 saturated carbocycles. The Morgan fingerprint density at radius 2 is 2.24 bits per heavy atom. The molecule has 0 bridgehead atoms. The molecule has 0 aliphatic heterocycles. The average Bonchev–Trinajstić information content (AvgIpc) is 3.00. The predicted molar refractivity (Wildman–Crippen MR) is 64.0 cm³/mol. The van der Waals surface area contributed by atoms with E-state index in [1.54, 1.807) is 13.0 Å². The van der Waals surface area contributed by atoms with Crippen molar-refractivity contribution in [2.75, 3.05) is 0 Å². The molecule has 0 aromatic carbocycles. The lowest BCUT2D eigenvalue weighted by molar-refractivity contribution is 0.0695. The van der Waals surface area contributed by atoms with Crippen molar-refractivity contribution >= 4 is 5.97 Å². The summed E-state index contributed by atoms with van der Waals surface area (Å²) >= 11 is 0. The van der Waals surface area contributed by atoms with Gasteiger partial charge in [-0.25, -0.2) is 4.79 Å². The molecular formula is C13H19NO3. The van der Waals surface area contributed by atoms with E-state index in [0.717, 1.165) is 5.92 Å². The Balaban J connectivity index is 1.99. The summed E-state index contributed by atoms with van der Waals surface area (Å²) in [4.78, 5) is 10.9. The summed E-state index contributed by atoms with van der Waals surface area (Å²) in [6.45, 7) is 6.62. The fourth-order valence-corrected chi connectivity index (χ4v) is 2.11. The fourth-order valence-electron chi connectivity index (χ4n) is 2.11. The highest BCUT2D eigenvalue weighted by atomic mass is 16.4. The van der Waals surface area contributed by atoms with E-state index in [0.29, 0.717) is 18.1 Å². The maximum atomic E-state index is 10.9. The molecule has 94 valence electrons. The van der Waals surface area contributed by atoms with Crippen molar-refractivity contribution in [3.8, 4) is 0 Å². The van der Waals surface area contributed by atoms with E-state index in [4.69, 9.17) is 9.52 Å². The minimum Gasteiger partial charge on any atom is -0.478 e. The number of carbonyl (C=O) groups is 1. The third kappa shape index (κ3) is 2.69. The van der Waals surface area contributed by atoms with Gasteiger partial charge in [0, 0.05) is 5.54 Å². The van der Waals surface area contributed by atoms with E-state index in [1.807, 2.05) is 0 Å². The molecule has 1 heterocycles. The molecule has 17 heavy (non-hydrogen) atoms. The Labute approximate surface area is 101 Å². The summed E-state index contributed by atoms with van der Waals surface area (Å²) in [5, 5.41) is 12.4. The first-order valence-electron chi connectivity index (χ1n) is 5.98. The van der Waals surface area contributed by atoms with Gasteiger partial charge in [0.1, 0.15) is 17.1 Å². The molecule has 0 radical (unpaired) electrons. The summed E-state index contributed by atoms with van der Waals surface area (Å²) < 4.78 is 5.43. The molecule has 2 N–H and O–H groups in total. The molecule has 1 aliphatic rings. The average molecular weight is 237 g/mol. The Bertz CT molecular complexity index is 430. The molecule has 4 nitrogen and oxygen atoms in total. The molecule has 0 spiro atoms. The van der Waals surface area contributed by atoms with Crippen LogP contribution in [0, 0.1) is 12.8 Å². The highest BCUT2D eigenvalue weighted by Crippen LogP contribution is 2.39. The molecule has 0 atom stereocenters. The lowest BCUT2D eigenvalue weighted by Crippen LogP contribution is -2.40. The fraction of sp³-hybridized carbons (Fsp3) is 0.615.